The number of rotatable bonds is 5. The van der Waals surface area contributed by atoms with Gasteiger partial charge in [0.2, 0.25) is 0 Å². The average Bonchev–Trinajstić information content (AvgIpc) is 2.99. The van der Waals surface area contributed by atoms with Gasteiger partial charge in [-0.2, -0.15) is 5.10 Å². The van der Waals surface area contributed by atoms with Gasteiger partial charge in [-0.15, -0.1) is 0 Å². The van der Waals surface area contributed by atoms with Crippen molar-refractivity contribution >= 4 is 17.4 Å². The van der Waals surface area contributed by atoms with E-state index in [9.17, 15) is 4.79 Å². The maximum absolute atomic E-state index is 12.2. The zero-order chi connectivity index (χ0) is 13.1. The number of halogens is 1. The monoisotopic (exact) mass is 269 g/mol. The Bertz CT molecular complexity index is 436. The van der Waals surface area contributed by atoms with Crippen molar-refractivity contribution in [3.05, 3.63) is 16.4 Å². The Morgan fingerprint density at radius 1 is 1.56 bits per heavy atom. The molecule has 0 aromatic carbocycles. The lowest BCUT2D eigenvalue weighted by Crippen LogP contribution is -2.32. The third-order valence-corrected chi connectivity index (χ3v) is 3.92. The Kier molecular flexibility index (Phi) is 4.40. The lowest BCUT2D eigenvalue weighted by molar-refractivity contribution is -0.120. The number of aryl methyl sites for hydroxylation is 2. The largest absolute Gasteiger partial charge is 0.307 e. The van der Waals surface area contributed by atoms with E-state index < -0.39 is 0 Å². The zero-order valence-electron chi connectivity index (χ0n) is 11.0. The van der Waals surface area contributed by atoms with Crippen molar-refractivity contribution in [2.75, 3.05) is 6.54 Å². The summed E-state index contributed by atoms with van der Waals surface area (Å²) in [5.74, 6) is 0.228. The first kappa shape index (κ1) is 13.6. The molecule has 100 valence electrons. The summed E-state index contributed by atoms with van der Waals surface area (Å²) < 4.78 is 1.86. The van der Waals surface area contributed by atoms with Crippen LogP contribution in [0.5, 0.6) is 0 Å². The molecule has 1 N–H and O–H groups in total. The number of aromatic nitrogens is 2. The number of ketones is 1. The Labute approximate surface area is 113 Å². The van der Waals surface area contributed by atoms with Gasteiger partial charge < -0.3 is 5.32 Å². The zero-order valence-corrected chi connectivity index (χ0v) is 11.8. The van der Waals surface area contributed by atoms with Crippen LogP contribution in [0.3, 0.4) is 0 Å². The molecule has 0 aliphatic carbocycles. The SMILES string of the molecule is CCc1nn(CC)c(CC(=O)C2CCCN2)c1Cl. The molecule has 5 heteroatoms. The third-order valence-electron chi connectivity index (χ3n) is 3.48. The van der Waals surface area contributed by atoms with Gasteiger partial charge >= 0.3 is 0 Å². The lowest BCUT2D eigenvalue weighted by atomic mass is 10.1. The Hall–Kier alpha value is -0.870. The van der Waals surface area contributed by atoms with Crippen molar-refractivity contribution in [2.24, 2.45) is 0 Å². The molecule has 0 saturated carbocycles. The minimum Gasteiger partial charge on any atom is -0.307 e. The molecule has 4 nitrogen and oxygen atoms in total. The fourth-order valence-electron chi connectivity index (χ4n) is 2.43. The number of carbonyl (C=O) groups excluding carboxylic acids is 1. The molecule has 1 aromatic heterocycles. The highest BCUT2D eigenvalue weighted by atomic mass is 35.5. The lowest BCUT2D eigenvalue weighted by Gasteiger charge is -2.10. The van der Waals surface area contributed by atoms with Crippen LogP contribution < -0.4 is 5.32 Å². The van der Waals surface area contributed by atoms with Crippen molar-refractivity contribution in [1.82, 2.24) is 15.1 Å². The number of Topliss-reactive ketones (excluding diaryl/α,β-unsaturated/α-hetero) is 1. The molecule has 1 aliphatic rings. The van der Waals surface area contributed by atoms with Crippen molar-refractivity contribution in [3.8, 4) is 0 Å². The average molecular weight is 270 g/mol. The van der Waals surface area contributed by atoms with Crippen LogP contribution in [0.25, 0.3) is 0 Å². The van der Waals surface area contributed by atoms with Crippen LogP contribution >= 0.6 is 11.6 Å². The number of nitrogens with zero attached hydrogens (tertiary/aromatic N) is 2. The smallest absolute Gasteiger partial charge is 0.155 e. The molecular formula is C13H20ClN3O. The van der Waals surface area contributed by atoms with Crippen molar-refractivity contribution in [2.45, 2.75) is 52.1 Å². The van der Waals surface area contributed by atoms with Crippen molar-refractivity contribution in [1.29, 1.82) is 0 Å². The van der Waals surface area contributed by atoms with Crippen LogP contribution in [-0.4, -0.2) is 28.2 Å². The molecule has 2 rings (SSSR count). The molecule has 0 bridgehead atoms. The predicted molar refractivity (Wildman–Crippen MR) is 72.0 cm³/mol. The van der Waals surface area contributed by atoms with E-state index in [-0.39, 0.29) is 11.8 Å². The van der Waals surface area contributed by atoms with Crippen LogP contribution in [0, 0.1) is 0 Å². The van der Waals surface area contributed by atoms with Crippen LogP contribution in [0.15, 0.2) is 0 Å². The summed E-state index contributed by atoms with van der Waals surface area (Å²) in [6, 6.07) is 0.00588. The summed E-state index contributed by atoms with van der Waals surface area (Å²) in [4.78, 5) is 12.2. The fourth-order valence-corrected chi connectivity index (χ4v) is 2.77. The second-order valence-electron chi connectivity index (χ2n) is 4.67. The molecule has 1 fully saturated rings. The van der Waals surface area contributed by atoms with E-state index >= 15 is 0 Å². The summed E-state index contributed by atoms with van der Waals surface area (Å²) in [6.45, 7) is 5.74. The quantitative estimate of drug-likeness (QED) is 0.889. The summed E-state index contributed by atoms with van der Waals surface area (Å²) in [7, 11) is 0. The molecular weight excluding hydrogens is 250 g/mol. The molecule has 1 atom stereocenters. The van der Waals surface area contributed by atoms with Crippen LogP contribution in [0.4, 0.5) is 0 Å². The Balaban J connectivity index is 2.16. The first-order valence-electron chi connectivity index (χ1n) is 6.67. The van der Waals surface area contributed by atoms with Gasteiger partial charge in [-0.05, 0) is 32.7 Å². The molecule has 1 aromatic rings. The molecule has 0 amide bonds. The third kappa shape index (κ3) is 2.59. The highest BCUT2D eigenvalue weighted by molar-refractivity contribution is 6.32. The van der Waals surface area contributed by atoms with Gasteiger partial charge in [-0.25, -0.2) is 0 Å². The molecule has 1 unspecified atom stereocenters. The van der Waals surface area contributed by atoms with Gasteiger partial charge in [-0.1, -0.05) is 18.5 Å². The van der Waals surface area contributed by atoms with E-state index in [2.05, 4.69) is 10.4 Å². The number of hydrogen-bond acceptors (Lipinski definition) is 3. The standard InChI is InChI=1S/C13H20ClN3O/c1-3-9-13(14)11(17(4-2)16-9)8-12(18)10-6-5-7-15-10/h10,15H,3-8H2,1-2H3. The van der Waals surface area contributed by atoms with Gasteiger partial charge in [0.15, 0.2) is 5.78 Å². The van der Waals surface area contributed by atoms with Crippen LogP contribution in [-0.2, 0) is 24.2 Å². The first-order valence-corrected chi connectivity index (χ1v) is 7.05. The minimum atomic E-state index is 0.00588. The molecule has 2 heterocycles. The molecule has 0 radical (unpaired) electrons. The molecule has 0 spiro atoms. The maximum atomic E-state index is 12.2. The van der Waals surface area contributed by atoms with Gasteiger partial charge in [0.1, 0.15) is 0 Å². The van der Waals surface area contributed by atoms with Gasteiger partial charge in [0.05, 0.1) is 28.9 Å². The normalized spacial score (nSPS) is 19.4. The van der Waals surface area contributed by atoms with Gasteiger partial charge in [0.25, 0.3) is 0 Å². The first-order chi connectivity index (χ1) is 8.67. The predicted octanol–water partition coefficient (Wildman–Crippen LogP) is 1.98. The van der Waals surface area contributed by atoms with E-state index in [0.29, 0.717) is 11.4 Å². The topological polar surface area (TPSA) is 46.9 Å². The number of carbonyl (C=O) groups is 1. The fraction of sp³-hybridized carbons (Fsp3) is 0.692. The van der Waals surface area contributed by atoms with E-state index in [0.717, 1.165) is 43.7 Å². The molecule has 18 heavy (non-hydrogen) atoms. The van der Waals surface area contributed by atoms with E-state index in [4.69, 9.17) is 11.6 Å². The van der Waals surface area contributed by atoms with E-state index in [1.165, 1.54) is 0 Å². The van der Waals surface area contributed by atoms with Gasteiger partial charge in [0, 0.05) is 6.54 Å². The second-order valence-corrected chi connectivity index (χ2v) is 5.05. The summed E-state index contributed by atoms with van der Waals surface area (Å²) >= 11 is 6.30. The second kappa shape index (κ2) is 5.85. The van der Waals surface area contributed by atoms with Gasteiger partial charge in [-0.3, -0.25) is 9.48 Å². The summed E-state index contributed by atoms with van der Waals surface area (Å²) in [6.07, 6.45) is 3.21. The summed E-state index contributed by atoms with van der Waals surface area (Å²) in [5, 5.41) is 8.34. The van der Waals surface area contributed by atoms with Crippen LogP contribution in [0.1, 0.15) is 38.1 Å². The maximum Gasteiger partial charge on any atom is 0.155 e. The minimum absolute atomic E-state index is 0.00588. The molecule has 1 aliphatic heterocycles. The van der Waals surface area contributed by atoms with E-state index in [1.54, 1.807) is 0 Å². The van der Waals surface area contributed by atoms with Crippen LogP contribution in [0.2, 0.25) is 5.02 Å². The van der Waals surface area contributed by atoms with E-state index in [1.807, 2.05) is 18.5 Å². The summed E-state index contributed by atoms with van der Waals surface area (Å²) in [5.41, 5.74) is 1.76. The van der Waals surface area contributed by atoms with Crippen molar-refractivity contribution in [3.63, 3.8) is 0 Å². The highest BCUT2D eigenvalue weighted by Crippen LogP contribution is 2.23. The van der Waals surface area contributed by atoms with Crippen molar-refractivity contribution < 1.29 is 4.79 Å². The molecule has 1 saturated heterocycles. The Morgan fingerprint density at radius 2 is 2.33 bits per heavy atom. The number of hydrogen-bond donors (Lipinski definition) is 1. The number of nitrogens with one attached hydrogen (secondary N) is 1. The Morgan fingerprint density at radius 3 is 2.89 bits per heavy atom. The highest BCUT2D eigenvalue weighted by Gasteiger charge is 2.25.